The molecule has 3 nitrogen and oxygen atoms in total. The highest BCUT2D eigenvalue weighted by atomic mass is 15.2. The zero-order valence-electron chi connectivity index (χ0n) is 7.90. The standard InChI is InChI=1S/C10H15N3/c1-13(9-2-3-9)10-6-8(7-11)4-5-12-10/h4-6,9H,2-3,7,11H2,1H3. The van der Waals surface area contributed by atoms with Crippen molar-refractivity contribution in [1.82, 2.24) is 4.98 Å². The van der Waals surface area contributed by atoms with Crippen LogP contribution in [-0.2, 0) is 6.54 Å². The second-order valence-corrected chi connectivity index (χ2v) is 3.57. The van der Waals surface area contributed by atoms with Gasteiger partial charge in [-0.05, 0) is 30.5 Å². The van der Waals surface area contributed by atoms with E-state index in [1.54, 1.807) is 0 Å². The first-order chi connectivity index (χ1) is 6.31. The number of nitrogens with two attached hydrogens (primary N) is 1. The number of pyridine rings is 1. The van der Waals surface area contributed by atoms with Gasteiger partial charge >= 0.3 is 0 Å². The van der Waals surface area contributed by atoms with Crippen LogP contribution in [0.4, 0.5) is 5.82 Å². The summed E-state index contributed by atoms with van der Waals surface area (Å²) in [5, 5.41) is 0. The number of hydrogen-bond acceptors (Lipinski definition) is 3. The third-order valence-corrected chi connectivity index (χ3v) is 2.50. The van der Waals surface area contributed by atoms with Crippen LogP contribution in [0.3, 0.4) is 0 Å². The minimum atomic E-state index is 0.591. The fourth-order valence-electron chi connectivity index (χ4n) is 1.43. The average molecular weight is 177 g/mol. The Bertz CT molecular complexity index is 294. The smallest absolute Gasteiger partial charge is 0.128 e. The molecule has 0 saturated heterocycles. The number of hydrogen-bond donors (Lipinski definition) is 1. The summed E-state index contributed by atoms with van der Waals surface area (Å²) in [5.41, 5.74) is 6.71. The number of nitrogens with zero attached hydrogens (tertiary/aromatic N) is 2. The van der Waals surface area contributed by atoms with Gasteiger partial charge in [-0.25, -0.2) is 4.98 Å². The third-order valence-electron chi connectivity index (χ3n) is 2.50. The maximum atomic E-state index is 5.56. The molecule has 1 fully saturated rings. The molecule has 1 aliphatic rings. The SMILES string of the molecule is CN(c1cc(CN)ccn1)C1CC1. The highest BCUT2D eigenvalue weighted by Crippen LogP contribution is 2.28. The molecule has 0 spiro atoms. The van der Waals surface area contributed by atoms with Crippen LogP contribution >= 0.6 is 0 Å². The van der Waals surface area contributed by atoms with Crippen molar-refractivity contribution < 1.29 is 0 Å². The molecule has 0 radical (unpaired) electrons. The molecule has 0 aromatic carbocycles. The Morgan fingerprint density at radius 2 is 2.38 bits per heavy atom. The van der Waals surface area contributed by atoms with Crippen molar-refractivity contribution >= 4 is 5.82 Å². The molecule has 2 N–H and O–H groups in total. The molecule has 0 amide bonds. The van der Waals surface area contributed by atoms with E-state index in [1.165, 1.54) is 12.8 Å². The molecule has 2 rings (SSSR count). The minimum Gasteiger partial charge on any atom is -0.357 e. The van der Waals surface area contributed by atoms with Gasteiger partial charge < -0.3 is 10.6 Å². The van der Waals surface area contributed by atoms with Crippen molar-refractivity contribution in [3.63, 3.8) is 0 Å². The summed E-state index contributed by atoms with van der Waals surface area (Å²) in [6, 6.07) is 4.74. The quantitative estimate of drug-likeness (QED) is 0.752. The summed E-state index contributed by atoms with van der Waals surface area (Å²) < 4.78 is 0. The lowest BCUT2D eigenvalue weighted by Crippen LogP contribution is -2.20. The van der Waals surface area contributed by atoms with Crippen LogP contribution in [0.25, 0.3) is 0 Å². The topological polar surface area (TPSA) is 42.1 Å². The average Bonchev–Trinajstić information content (AvgIpc) is 3.00. The van der Waals surface area contributed by atoms with Gasteiger partial charge in [-0.2, -0.15) is 0 Å². The predicted octanol–water partition coefficient (Wildman–Crippen LogP) is 1.14. The summed E-state index contributed by atoms with van der Waals surface area (Å²) in [6.07, 6.45) is 4.42. The van der Waals surface area contributed by atoms with E-state index < -0.39 is 0 Å². The first-order valence-electron chi connectivity index (χ1n) is 4.69. The minimum absolute atomic E-state index is 0.591. The Kier molecular flexibility index (Phi) is 2.19. The lowest BCUT2D eigenvalue weighted by molar-refractivity contribution is 0.887. The Hall–Kier alpha value is -1.09. The van der Waals surface area contributed by atoms with Gasteiger partial charge in [-0.3, -0.25) is 0 Å². The van der Waals surface area contributed by atoms with Crippen molar-refractivity contribution in [3.8, 4) is 0 Å². The lowest BCUT2D eigenvalue weighted by atomic mass is 10.2. The molecule has 70 valence electrons. The van der Waals surface area contributed by atoms with Crippen molar-refractivity contribution in [2.24, 2.45) is 5.73 Å². The summed E-state index contributed by atoms with van der Waals surface area (Å²) >= 11 is 0. The molecular weight excluding hydrogens is 162 g/mol. The largest absolute Gasteiger partial charge is 0.357 e. The van der Waals surface area contributed by atoms with Crippen LogP contribution in [0.1, 0.15) is 18.4 Å². The van der Waals surface area contributed by atoms with E-state index in [1.807, 2.05) is 12.3 Å². The first kappa shape index (κ1) is 8.51. The van der Waals surface area contributed by atoms with Gasteiger partial charge in [0.15, 0.2) is 0 Å². The maximum Gasteiger partial charge on any atom is 0.128 e. The zero-order chi connectivity index (χ0) is 9.26. The fourth-order valence-corrected chi connectivity index (χ4v) is 1.43. The highest BCUT2D eigenvalue weighted by molar-refractivity contribution is 5.42. The van der Waals surface area contributed by atoms with E-state index in [9.17, 15) is 0 Å². The Morgan fingerprint density at radius 1 is 1.62 bits per heavy atom. The molecular formula is C10H15N3. The van der Waals surface area contributed by atoms with E-state index in [0.29, 0.717) is 12.6 Å². The molecule has 1 heterocycles. The van der Waals surface area contributed by atoms with Gasteiger partial charge in [0.25, 0.3) is 0 Å². The van der Waals surface area contributed by atoms with Crippen LogP contribution in [0.5, 0.6) is 0 Å². The molecule has 1 saturated carbocycles. The molecule has 0 aliphatic heterocycles. The van der Waals surface area contributed by atoms with Crippen LogP contribution in [-0.4, -0.2) is 18.1 Å². The van der Waals surface area contributed by atoms with Crippen LogP contribution in [0.2, 0.25) is 0 Å². The molecule has 0 unspecified atom stereocenters. The van der Waals surface area contributed by atoms with E-state index in [-0.39, 0.29) is 0 Å². The fraction of sp³-hybridized carbons (Fsp3) is 0.500. The van der Waals surface area contributed by atoms with Gasteiger partial charge in [0.05, 0.1) is 0 Å². The van der Waals surface area contributed by atoms with E-state index >= 15 is 0 Å². The second kappa shape index (κ2) is 3.34. The molecule has 1 aliphatic carbocycles. The molecule has 0 atom stereocenters. The van der Waals surface area contributed by atoms with Crippen LogP contribution in [0.15, 0.2) is 18.3 Å². The first-order valence-corrected chi connectivity index (χ1v) is 4.69. The van der Waals surface area contributed by atoms with E-state index in [2.05, 4.69) is 23.0 Å². The van der Waals surface area contributed by atoms with Gasteiger partial charge in [0.1, 0.15) is 5.82 Å². The predicted molar refractivity (Wildman–Crippen MR) is 53.6 cm³/mol. The van der Waals surface area contributed by atoms with Crippen LogP contribution < -0.4 is 10.6 Å². The molecule has 1 aromatic heterocycles. The van der Waals surface area contributed by atoms with E-state index in [0.717, 1.165) is 11.4 Å². The third kappa shape index (κ3) is 1.80. The Morgan fingerprint density at radius 3 is 3.00 bits per heavy atom. The van der Waals surface area contributed by atoms with Crippen LogP contribution in [0, 0.1) is 0 Å². The summed E-state index contributed by atoms with van der Waals surface area (Å²) in [7, 11) is 2.10. The Balaban J connectivity index is 2.18. The second-order valence-electron chi connectivity index (χ2n) is 3.57. The Labute approximate surface area is 78.6 Å². The van der Waals surface area contributed by atoms with Crippen molar-refractivity contribution in [1.29, 1.82) is 0 Å². The summed E-state index contributed by atoms with van der Waals surface area (Å²) in [5.74, 6) is 1.05. The number of aromatic nitrogens is 1. The van der Waals surface area contributed by atoms with Crippen molar-refractivity contribution in [3.05, 3.63) is 23.9 Å². The van der Waals surface area contributed by atoms with Crippen molar-refractivity contribution in [2.45, 2.75) is 25.4 Å². The number of anilines is 1. The van der Waals surface area contributed by atoms with Gasteiger partial charge in [-0.1, -0.05) is 0 Å². The number of rotatable bonds is 3. The van der Waals surface area contributed by atoms with Crippen molar-refractivity contribution in [2.75, 3.05) is 11.9 Å². The van der Waals surface area contributed by atoms with Gasteiger partial charge in [-0.15, -0.1) is 0 Å². The molecule has 0 bridgehead atoms. The van der Waals surface area contributed by atoms with E-state index in [4.69, 9.17) is 5.73 Å². The molecule has 1 aromatic rings. The lowest BCUT2D eigenvalue weighted by Gasteiger charge is -2.17. The summed E-state index contributed by atoms with van der Waals surface area (Å²) in [4.78, 5) is 6.55. The molecule has 13 heavy (non-hydrogen) atoms. The maximum absolute atomic E-state index is 5.56. The summed E-state index contributed by atoms with van der Waals surface area (Å²) in [6.45, 7) is 0.591. The normalized spacial score (nSPS) is 15.8. The monoisotopic (exact) mass is 177 g/mol. The zero-order valence-corrected chi connectivity index (χ0v) is 7.90. The van der Waals surface area contributed by atoms with Gasteiger partial charge in [0, 0.05) is 25.8 Å². The molecule has 3 heteroatoms. The highest BCUT2D eigenvalue weighted by Gasteiger charge is 2.26. The van der Waals surface area contributed by atoms with Gasteiger partial charge in [0.2, 0.25) is 0 Å².